The smallest absolute Gasteiger partial charge is 0.270 e. The highest BCUT2D eigenvalue weighted by atomic mass is 16.2. The molecule has 1 saturated heterocycles. The average molecular weight is 369 g/mol. The van der Waals surface area contributed by atoms with Gasteiger partial charge in [-0.05, 0) is 88.9 Å². The number of amides is 2. The summed E-state index contributed by atoms with van der Waals surface area (Å²) in [5.41, 5.74) is 1.22. The maximum absolute atomic E-state index is 13.5. The minimum absolute atomic E-state index is 0.0223. The Kier molecular flexibility index (Phi) is 3.71. The van der Waals surface area contributed by atoms with E-state index >= 15 is 0 Å². The molecule has 6 rings (SSSR count). The molecular formula is C23H32N2O2. The Morgan fingerprint density at radius 2 is 1.67 bits per heavy atom. The lowest BCUT2D eigenvalue weighted by molar-refractivity contribution is -0.242. The van der Waals surface area contributed by atoms with E-state index in [0.29, 0.717) is 17.8 Å². The largest absolute Gasteiger partial charge is 0.273 e. The summed E-state index contributed by atoms with van der Waals surface area (Å²) in [6.07, 6.45) is 11.5. The number of carbonyl (C=O) groups excluding carboxylic acids is 2. The molecule has 4 saturated carbocycles. The third-order valence-corrected chi connectivity index (χ3v) is 8.04. The number of allylic oxidation sites excluding steroid dienone is 2. The number of hydrogen-bond acceptors (Lipinski definition) is 2. The molecule has 4 heteroatoms. The molecule has 146 valence electrons. The second kappa shape index (κ2) is 5.71. The molecular weight excluding hydrogens is 336 g/mol. The Morgan fingerprint density at radius 3 is 2.22 bits per heavy atom. The van der Waals surface area contributed by atoms with Crippen LogP contribution in [0.4, 0.5) is 0 Å². The van der Waals surface area contributed by atoms with Crippen LogP contribution in [-0.4, -0.2) is 33.4 Å². The van der Waals surface area contributed by atoms with E-state index in [2.05, 4.69) is 19.9 Å². The molecule has 1 atom stereocenters. The van der Waals surface area contributed by atoms with E-state index < -0.39 is 5.54 Å². The summed E-state index contributed by atoms with van der Waals surface area (Å²) in [5.74, 6) is 3.55. The van der Waals surface area contributed by atoms with Gasteiger partial charge in [0.15, 0.2) is 0 Å². The van der Waals surface area contributed by atoms with E-state index in [1.54, 1.807) is 0 Å². The Balaban J connectivity index is 1.46. The van der Waals surface area contributed by atoms with Crippen molar-refractivity contribution in [2.75, 3.05) is 0 Å². The van der Waals surface area contributed by atoms with E-state index in [-0.39, 0.29) is 17.9 Å². The molecule has 4 nitrogen and oxygen atoms in total. The van der Waals surface area contributed by atoms with E-state index in [1.165, 1.54) is 32.1 Å². The standard InChI is InChI=1S/C23H32N2O2/c1-13-5-6-19(14(2)7-13)21(26)25-23(3,4)22(27)24(25)20-17-9-15-8-16(11-17)12-18(20)10-15/h5-6,13,15-18,20H,7-12H2,1-4H3. The molecule has 0 aromatic rings. The van der Waals surface area contributed by atoms with Gasteiger partial charge < -0.3 is 0 Å². The predicted molar refractivity (Wildman–Crippen MR) is 104 cm³/mol. The van der Waals surface area contributed by atoms with E-state index in [9.17, 15) is 9.59 Å². The van der Waals surface area contributed by atoms with Crippen LogP contribution in [0.3, 0.4) is 0 Å². The highest BCUT2D eigenvalue weighted by molar-refractivity contribution is 6.05. The molecule has 2 amide bonds. The summed E-state index contributed by atoms with van der Waals surface area (Å²) in [5, 5.41) is 3.73. The van der Waals surface area contributed by atoms with Crippen LogP contribution < -0.4 is 0 Å². The highest BCUT2D eigenvalue weighted by Gasteiger charge is 2.62. The monoisotopic (exact) mass is 368 g/mol. The molecule has 0 aromatic heterocycles. The molecule has 0 N–H and O–H groups in total. The first-order valence-corrected chi connectivity index (χ1v) is 10.8. The number of hydrogen-bond donors (Lipinski definition) is 0. The normalized spacial score (nSPS) is 42.0. The lowest BCUT2D eigenvalue weighted by Crippen LogP contribution is -2.81. The summed E-state index contributed by atoms with van der Waals surface area (Å²) in [4.78, 5) is 26.7. The van der Waals surface area contributed by atoms with Gasteiger partial charge in [0.25, 0.3) is 11.8 Å². The van der Waals surface area contributed by atoms with Crippen molar-refractivity contribution in [1.82, 2.24) is 10.0 Å². The van der Waals surface area contributed by atoms with E-state index in [0.717, 1.165) is 29.4 Å². The number of hydrazine groups is 1. The molecule has 1 unspecified atom stereocenters. The van der Waals surface area contributed by atoms with Crippen LogP contribution in [0.5, 0.6) is 0 Å². The van der Waals surface area contributed by atoms with Gasteiger partial charge in [0.05, 0.1) is 6.04 Å². The first-order chi connectivity index (χ1) is 12.8. The van der Waals surface area contributed by atoms with Crippen molar-refractivity contribution < 1.29 is 9.59 Å². The van der Waals surface area contributed by atoms with Crippen LogP contribution in [0, 0.1) is 29.6 Å². The fraction of sp³-hybridized carbons (Fsp3) is 0.739. The maximum Gasteiger partial charge on any atom is 0.273 e. The summed E-state index contributed by atoms with van der Waals surface area (Å²) < 4.78 is 0. The molecule has 0 spiro atoms. The van der Waals surface area contributed by atoms with Gasteiger partial charge in [-0.15, -0.1) is 0 Å². The molecule has 27 heavy (non-hydrogen) atoms. The molecule has 0 radical (unpaired) electrons. The summed E-state index contributed by atoms with van der Waals surface area (Å²) >= 11 is 0. The van der Waals surface area contributed by atoms with Gasteiger partial charge in [-0.3, -0.25) is 9.59 Å². The quantitative estimate of drug-likeness (QED) is 0.737. The number of nitrogens with zero attached hydrogens (tertiary/aromatic N) is 2. The van der Waals surface area contributed by atoms with Gasteiger partial charge in [-0.1, -0.05) is 24.6 Å². The van der Waals surface area contributed by atoms with Crippen LogP contribution in [0.2, 0.25) is 0 Å². The maximum atomic E-state index is 13.5. The molecule has 6 aliphatic rings. The SMILES string of the molecule is CC1=C(C(=O)N2N(C3C4CC5CC(C4)CC3C5)C(=O)C2(C)C)C=CC(C)C1. The van der Waals surface area contributed by atoms with Crippen LogP contribution in [0.1, 0.15) is 66.2 Å². The van der Waals surface area contributed by atoms with Crippen molar-refractivity contribution in [3.63, 3.8) is 0 Å². The third-order valence-electron chi connectivity index (χ3n) is 8.04. The second-order valence-electron chi connectivity index (χ2n) is 10.5. The molecule has 0 aromatic carbocycles. The lowest BCUT2D eigenvalue weighted by atomic mass is 9.53. The minimum Gasteiger partial charge on any atom is -0.270 e. The summed E-state index contributed by atoms with van der Waals surface area (Å²) in [6.45, 7) is 8.06. The van der Waals surface area contributed by atoms with Gasteiger partial charge in [0.2, 0.25) is 0 Å². The van der Waals surface area contributed by atoms with Gasteiger partial charge >= 0.3 is 0 Å². The highest BCUT2D eigenvalue weighted by Crippen LogP contribution is 2.57. The first-order valence-electron chi connectivity index (χ1n) is 10.8. The number of rotatable bonds is 2. The fourth-order valence-corrected chi connectivity index (χ4v) is 7.03. The molecule has 4 bridgehead atoms. The Morgan fingerprint density at radius 1 is 1.07 bits per heavy atom. The van der Waals surface area contributed by atoms with Crippen LogP contribution in [0.25, 0.3) is 0 Å². The first kappa shape index (κ1) is 17.5. The molecule has 5 fully saturated rings. The van der Waals surface area contributed by atoms with Gasteiger partial charge in [-0.25, -0.2) is 10.0 Å². The van der Waals surface area contributed by atoms with Crippen molar-refractivity contribution in [2.45, 2.75) is 77.8 Å². The summed E-state index contributed by atoms with van der Waals surface area (Å²) in [7, 11) is 0. The zero-order valence-electron chi connectivity index (χ0n) is 17.1. The zero-order valence-corrected chi connectivity index (χ0v) is 17.1. The van der Waals surface area contributed by atoms with E-state index in [4.69, 9.17) is 0 Å². The van der Waals surface area contributed by atoms with Crippen molar-refractivity contribution in [3.05, 3.63) is 23.3 Å². The van der Waals surface area contributed by atoms with Crippen molar-refractivity contribution in [2.24, 2.45) is 29.6 Å². The second-order valence-corrected chi connectivity index (χ2v) is 10.5. The third kappa shape index (κ3) is 2.41. The lowest BCUT2D eigenvalue weighted by Gasteiger charge is -2.65. The Labute approximate surface area is 162 Å². The fourth-order valence-electron chi connectivity index (χ4n) is 7.03. The van der Waals surface area contributed by atoms with E-state index in [1.807, 2.05) is 29.9 Å². The van der Waals surface area contributed by atoms with Crippen LogP contribution in [0.15, 0.2) is 23.3 Å². The predicted octanol–water partition coefficient (Wildman–Crippen LogP) is 4.09. The molecule has 1 heterocycles. The summed E-state index contributed by atoms with van der Waals surface area (Å²) in [6, 6.07) is 0.245. The van der Waals surface area contributed by atoms with Crippen molar-refractivity contribution in [3.8, 4) is 0 Å². The Hall–Kier alpha value is -1.58. The number of carbonyl (C=O) groups is 2. The minimum atomic E-state index is -0.726. The van der Waals surface area contributed by atoms with Crippen molar-refractivity contribution in [1.29, 1.82) is 0 Å². The average Bonchev–Trinajstić information content (AvgIpc) is 2.59. The van der Waals surface area contributed by atoms with Crippen molar-refractivity contribution >= 4 is 11.8 Å². The van der Waals surface area contributed by atoms with Gasteiger partial charge in [-0.2, -0.15) is 0 Å². The molecule has 5 aliphatic carbocycles. The molecule has 1 aliphatic heterocycles. The topological polar surface area (TPSA) is 40.6 Å². The zero-order chi connectivity index (χ0) is 19.1. The van der Waals surface area contributed by atoms with Gasteiger partial charge in [0, 0.05) is 5.57 Å². The van der Waals surface area contributed by atoms with Crippen LogP contribution >= 0.6 is 0 Å². The van der Waals surface area contributed by atoms with Gasteiger partial charge in [0.1, 0.15) is 5.54 Å². The van der Waals surface area contributed by atoms with Crippen LogP contribution in [-0.2, 0) is 9.59 Å². The Bertz CT molecular complexity index is 734.